The molecule has 2 aromatic carbocycles. The van der Waals surface area contributed by atoms with Gasteiger partial charge in [0.2, 0.25) is 5.91 Å². The first-order valence-corrected chi connectivity index (χ1v) is 10.5. The number of hydrogen-bond acceptors (Lipinski definition) is 4. The quantitative estimate of drug-likeness (QED) is 0.738. The summed E-state index contributed by atoms with van der Waals surface area (Å²) in [7, 11) is 3.14. The van der Waals surface area contributed by atoms with Crippen molar-refractivity contribution in [1.82, 2.24) is 10.2 Å². The number of carbonyl (C=O) groups excluding carboxylic acids is 2. The van der Waals surface area contributed by atoms with Gasteiger partial charge in [0.15, 0.2) is 11.5 Å². The molecule has 7 heteroatoms. The van der Waals surface area contributed by atoms with Gasteiger partial charge in [0, 0.05) is 36.7 Å². The van der Waals surface area contributed by atoms with Crippen LogP contribution >= 0.6 is 0 Å². The number of amides is 2. The molecule has 1 heterocycles. The number of ether oxygens (including phenoxy) is 2. The summed E-state index contributed by atoms with van der Waals surface area (Å²) in [5.41, 5.74) is 1.24. The van der Waals surface area contributed by atoms with E-state index in [4.69, 9.17) is 9.47 Å². The molecule has 1 aliphatic heterocycles. The molecule has 164 valence electrons. The number of rotatable bonds is 7. The molecule has 1 saturated heterocycles. The van der Waals surface area contributed by atoms with Crippen LogP contribution in [0.1, 0.15) is 34.7 Å². The van der Waals surface area contributed by atoms with Gasteiger partial charge in [0.1, 0.15) is 5.82 Å². The third-order valence-electron chi connectivity index (χ3n) is 6.13. The Morgan fingerprint density at radius 3 is 2.45 bits per heavy atom. The molecule has 0 radical (unpaired) electrons. The van der Waals surface area contributed by atoms with E-state index in [-0.39, 0.29) is 24.3 Å². The monoisotopic (exact) mass is 426 g/mol. The second-order valence-corrected chi connectivity index (χ2v) is 8.20. The van der Waals surface area contributed by atoms with E-state index in [0.29, 0.717) is 36.1 Å². The highest BCUT2D eigenvalue weighted by Crippen LogP contribution is 2.42. The Balaban J connectivity index is 1.62. The summed E-state index contributed by atoms with van der Waals surface area (Å²) >= 11 is 0. The number of nitrogens with one attached hydrogen (secondary N) is 1. The lowest BCUT2D eigenvalue weighted by atomic mass is 9.87. The van der Waals surface area contributed by atoms with Gasteiger partial charge in [-0.2, -0.15) is 0 Å². The van der Waals surface area contributed by atoms with E-state index in [0.717, 1.165) is 18.4 Å². The summed E-state index contributed by atoms with van der Waals surface area (Å²) in [6.07, 6.45) is 2.29. The maximum Gasteiger partial charge on any atom is 0.253 e. The minimum atomic E-state index is -0.413. The number of halogens is 1. The smallest absolute Gasteiger partial charge is 0.253 e. The van der Waals surface area contributed by atoms with Crippen LogP contribution in [0.25, 0.3) is 0 Å². The minimum absolute atomic E-state index is 0.0591. The van der Waals surface area contributed by atoms with Crippen LogP contribution in [-0.4, -0.2) is 50.6 Å². The Kier molecular flexibility index (Phi) is 6.11. The Morgan fingerprint density at radius 1 is 1.06 bits per heavy atom. The molecule has 2 amide bonds. The third kappa shape index (κ3) is 4.50. The van der Waals surface area contributed by atoms with Gasteiger partial charge in [-0.25, -0.2) is 4.39 Å². The van der Waals surface area contributed by atoms with Crippen LogP contribution in [0.3, 0.4) is 0 Å². The van der Waals surface area contributed by atoms with Crippen LogP contribution in [0.2, 0.25) is 0 Å². The van der Waals surface area contributed by atoms with Crippen LogP contribution in [-0.2, 0) is 4.79 Å². The zero-order chi connectivity index (χ0) is 22.0. The Labute approximate surface area is 181 Å². The van der Waals surface area contributed by atoms with Crippen molar-refractivity contribution in [3.05, 3.63) is 59.4 Å². The number of hydrogen-bond donors (Lipinski definition) is 1. The fraction of sp³-hybridized carbons (Fsp3) is 0.417. The fourth-order valence-electron chi connectivity index (χ4n) is 4.23. The minimum Gasteiger partial charge on any atom is -0.493 e. The number of para-hydroxylation sites is 1. The summed E-state index contributed by atoms with van der Waals surface area (Å²) in [5, 5.41) is 3.06. The van der Waals surface area contributed by atoms with E-state index in [1.165, 1.54) is 24.3 Å². The second kappa shape index (κ2) is 8.96. The Morgan fingerprint density at radius 2 is 1.81 bits per heavy atom. The zero-order valence-electron chi connectivity index (χ0n) is 17.8. The molecule has 2 unspecified atom stereocenters. The molecule has 0 spiro atoms. The lowest BCUT2D eigenvalue weighted by molar-refractivity contribution is -0.125. The SMILES string of the molecule is COc1cccc(C2CN(C(=O)c3ccc(F)cc3)CC2C(=O)NCC2CC2)c1OC. The molecule has 1 N–H and O–H groups in total. The molecule has 0 bridgehead atoms. The number of methoxy groups -OCH3 is 2. The first kappa shape index (κ1) is 21.2. The van der Waals surface area contributed by atoms with Crippen molar-refractivity contribution >= 4 is 11.8 Å². The highest BCUT2D eigenvalue weighted by molar-refractivity contribution is 5.95. The molecule has 0 aromatic heterocycles. The summed E-state index contributed by atoms with van der Waals surface area (Å²) in [6.45, 7) is 1.32. The fourth-order valence-corrected chi connectivity index (χ4v) is 4.23. The van der Waals surface area contributed by atoms with E-state index < -0.39 is 11.7 Å². The van der Waals surface area contributed by atoms with E-state index >= 15 is 0 Å². The molecule has 2 aromatic rings. The van der Waals surface area contributed by atoms with Crippen LogP contribution in [0.4, 0.5) is 4.39 Å². The summed E-state index contributed by atoms with van der Waals surface area (Å²) in [6, 6.07) is 11.1. The largest absolute Gasteiger partial charge is 0.493 e. The van der Waals surface area contributed by atoms with Crippen LogP contribution in [0.5, 0.6) is 11.5 Å². The number of benzene rings is 2. The number of carbonyl (C=O) groups is 2. The molecule has 6 nitrogen and oxygen atoms in total. The van der Waals surface area contributed by atoms with E-state index in [9.17, 15) is 14.0 Å². The average Bonchev–Trinajstić information content (AvgIpc) is 3.52. The van der Waals surface area contributed by atoms with Crippen molar-refractivity contribution in [2.75, 3.05) is 33.9 Å². The summed E-state index contributed by atoms with van der Waals surface area (Å²) in [5.74, 6) is 0.395. The second-order valence-electron chi connectivity index (χ2n) is 8.20. The van der Waals surface area contributed by atoms with Gasteiger partial charge in [-0.15, -0.1) is 0 Å². The highest BCUT2D eigenvalue weighted by Gasteiger charge is 2.42. The molecule has 1 aliphatic carbocycles. The van der Waals surface area contributed by atoms with Gasteiger partial charge in [0.05, 0.1) is 20.1 Å². The van der Waals surface area contributed by atoms with Crippen molar-refractivity contribution in [2.24, 2.45) is 11.8 Å². The number of nitrogens with zero attached hydrogens (tertiary/aromatic N) is 1. The van der Waals surface area contributed by atoms with Gasteiger partial charge < -0.3 is 19.7 Å². The van der Waals surface area contributed by atoms with Gasteiger partial charge in [-0.1, -0.05) is 12.1 Å². The molecule has 4 rings (SSSR count). The van der Waals surface area contributed by atoms with Gasteiger partial charge in [0.25, 0.3) is 5.91 Å². The van der Waals surface area contributed by atoms with Crippen molar-refractivity contribution in [2.45, 2.75) is 18.8 Å². The van der Waals surface area contributed by atoms with Gasteiger partial charge >= 0.3 is 0 Å². The molecular weight excluding hydrogens is 399 g/mol. The van der Waals surface area contributed by atoms with E-state index in [1.807, 2.05) is 12.1 Å². The Bertz CT molecular complexity index is 959. The third-order valence-corrected chi connectivity index (χ3v) is 6.13. The predicted molar refractivity (Wildman–Crippen MR) is 114 cm³/mol. The lowest BCUT2D eigenvalue weighted by Crippen LogP contribution is -2.36. The molecule has 31 heavy (non-hydrogen) atoms. The van der Waals surface area contributed by atoms with Crippen LogP contribution < -0.4 is 14.8 Å². The average molecular weight is 426 g/mol. The van der Waals surface area contributed by atoms with Gasteiger partial charge in [-0.05, 0) is 49.1 Å². The first-order valence-electron chi connectivity index (χ1n) is 10.5. The Hall–Kier alpha value is -3.09. The normalized spacial score (nSPS) is 20.4. The zero-order valence-corrected chi connectivity index (χ0v) is 17.8. The molecular formula is C24H27FN2O4. The van der Waals surface area contributed by atoms with Crippen LogP contribution in [0, 0.1) is 17.7 Å². The first-order chi connectivity index (χ1) is 15.0. The summed E-state index contributed by atoms with van der Waals surface area (Å²) < 4.78 is 24.3. The topological polar surface area (TPSA) is 67.9 Å². The number of likely N-dealkylation sites (tertiary alicyclic amines) is 1. The van der Waals surface area contributed by atoms with Crippen molar-refractivity contribution in [3.8, 4) is 11.5 Å². The van der Waals surface area contributed by atoms with Crippen molar-refractivity contribution < 1.29 is 23.5 Å². The van der Waals surface area contributed by atoms with Gasteiger partial charge in [-0.3, -0.25) is 9.59 Å². The predicted octanol–water partition coefficient (Wildman–Crippen LogP) is 3.22. The maximum atomic E-state index is 13.3. The van der Waals surface area contributed by atoms with Crippen molar-refractivity contribution in [3.63, 3.8) is 0 Å². The highest BCUT2D eigenvalue weighted by atomic mass is 19.1. The van der Waals surface area contributed by atoms with E-state index in [2.05, 4.69) is 5.32 Å². The van der Waals surface area contributed by atoms with E-state index in [1.54, 1.807) is 25.2 Å². The lowest BCUT2D eigenvalue weighted by Gasteiger charge is -2.21. The molecule has 2 fully saturated rings. The molecule has 2 atom stereocenters. The summed E-state index contributed by atoms with van der Waals surface area (Å²) in [4.78, 5) is 27.8. The molecule has 1 saturated carbocycles. The maximum absolute atomic E-state index is 13.3. The van der Waals surface area contributed by atoms with Crippen LogP contribution in [0.15, 0.2) is 42.5 Å². The molecule has 2 aliphatic rings. The standard InChI is InChI=1S/C24H27FN2O4/c1-30-21-5-3-4-18(22(21)31-2)19-13-27(24(29)16-8-10-17(25)11-9-16)14-20(19)23(28)26-12-15-6-7-15/h3-5,8-11,15,19-20H,6-7,12-14H2,1-2H3,(H,26,28). The van der Waals surface area contributed by atoms with Crippen molar-refractivity contribution in [1.29, 1.82) is 0 Å².